The fourth-order valence-corrected chi connectivity index (χ4v) is 1.41. The molecule has 1 aromatic heterocycles. The third-order valence-corrected chi connectivity index (χ3v) is 2.48. The zero-order chi connectivity index (χ0) is 9.68. The first-order valence-electron chi connectivity index (χ1n) is 5.12. The number of aromatic nitrogens is 2. The smallest absolute Gasteiger partial charge is 0.131 e. The van der Waals surface area contributed by atoms with Gasteiger partial charge < -0.3 is 0 Å². The van der Waals surface area contributed by atoms with E-state index in [-0.39, 0.29) is 0 Å². The predicted octanol–water partition coefficient (Wildman–Crippen LogP) is 2.94. The number of rotatable bonds is 4. The van der Waals surface area contributed by atoms with Crippen molar-refractivity contribution < 1.29 is 0 Å². The Morgan fingerprint density at radius 1 is 1.08 bits per heavy atom. The molecule has 0 aromatic carbocycles. The molecule has 2 nitrogen and oxygen atoms in total. The summed E-state index contributed by atoms with van der Waals surface area (Å²) in [7, 11) is 0. The zero-order valence-electron chi connectivity index (χ0n) is 8.75. The number of hydrogen-bond acceptors (Lipinski definition) is 2. The summed E-state index contributed by atoms with van der Waals surface area (Å²) >= 11 is 0. The molecule has 0 radical (unpaired) electrons. The number of hydrogen-bond donors (Lipinski definition) is 0. The summed E-state index contributed by atoms with van der Waals surface area (Å²) in [6.07, 6.45) is 7.16. The topological polar surface area (TPSA) is 25.8 Å². The van der Waals surface area contributed by atoms with Crippen LogP contribution in [0.25, 0.3) is 0 Å². The molecule has 0 N–H and O–H groups in total. The van der Waals surface area contributed by atoms with Crippen LogP contribution in [0.3, 0.4) is 0 Å². The lowest BCUT2D eigenvalue weighted by Gasteiger charge is -2.09. The summed E-state index contributed by atoms with van der Waals surface area (Å²) in [6, 6.07) is 0. The van der Waals surface area contributed by atoms with Crippen LogP contribution in [-0.2, 0) is 6.42 Å². The van der Waals surface area contributed by atoms with Crippen LogP contribution in [0.2, 0.25) is 0 Å². The van der Waals surface area contributed by atoms with Gasteiger partial charge in [-0.25, -0.2) is 9.97 Å². The second kappa shape index (κ2) is 4.95. The molecule has 0 aliphatic carbocycles. The van der Waals surface area contributed by atoms with Crippen LogP contribution in [0, 0.1) is 0 Å². The summed E-state index contributed by atoms with van der Waals surface area (Å²) in [6.45, 7) is 6.49. The van der Waals surface area contributed by atoms with Gasteiger partial charge in [0, 0.05) is 18.3 Å². The first kappa shape index (κ1) is 10.2. The Balaban J connectivity index is 2.78. The molecular formula is C11H18N2. The molecule has 0 spiro atoms. The van der Waals surface area contributed by atoms with Gasteiger partial charge in [-0.05, 0) is 24.8 Å². The largest absolute Gasteiger partial charge is 0.241 e. The van der Waals surface area contributed by atoms with Gasteiger partial charge in [-0.3, -0.25) is 0 Å². The van der Waals surface area contributed by atoms with Crippen molar-refractivity contribution in [3.05, 3.63) is 23.8 Å². The Morgan fingerprint density at radius 3 is 2.00 bits per heavy atom. The third-order valence-electron chi connectivity index (χ3n) is 2.48. The van der Waals surface area contributed by atoms with Crippen LogP contribution in [0.1, 0.15) is 50.9 Å². The minimum Gasteiger partial charge on any atom is -0.241 e. The van der Waals surface area contributed by atoms with Crippen molar-refractivity contribution in [2.75, 3.05) is 0 Å². The maximum Gasteiger partial charge on any atom is 0.131 e. The van der Waals surface area contributed by atoms with Crippen LogP contribution in [0.4, 0.5) is 0 Å². The van der Waals surface area contributed by atoms with Crippen molar-refractivity contribution in [2.24, 2.45) is 0 Å². The van der Waals surface area contributed by atoms with Crippen molar-refractivity contribution >= 4 is 0 Å². The summed E-state index contributed by atoms with van der Waals surface area (Å²) in [4.78, 5) is 8.76. The molecule has 1 heterocycles. The standard InChI is InChI=1S/C11H18N2/c1-4-9-7-12-11(13-8-9)10(5-2)6-3/h7-8,10H,4-6H2,1-3H3. The Labute approximate surface area is 80.4 Å². The van der Waals surface area contributed by atoms with E-state index < -0.39 is 0 Å². The average Bonchev–Trinajstić information content (AvgIpc) is 2.21. The van der Waals surface area contributed by atoms with Gasteiger partial charge in [0.1, 0.15) is 5.82 Å². The van der Waals surface area contributed by atoms with Crippen molar-refractivity contribution in [2.45, 2.75) is 46.0 Å². The summed E-state index contributed by atoms with van der Waals surface area (Å²) in [5.74, 6) is 1.54. The fourth-order valence-electron chi connectivity index (χ4n) is 1.41. The van der Waals surface area contributed by atoms with Gasteiger partial charge in [-0.2, -0.15) is 0 Å². The van der Waals surface area contributed by atoms with Crippen molar-refractivity contribution in [1.29, 1.82) is 0 Å². The predicted molar refractivity (Wildman–Crippen MR) is 54.7 cm³/mol. The lowest BCUT2D eigenvalue weighted by molar-refractivity contribution is 0.600. The van der Waals surface area contributed by atoms with Crippen LogP contribution >= 0.6 is 0 Å². The monoisotopic (exact) mass is 178 g/mol. The van der Waals surface area contributed by atoms with E-state index in [1.54, 1.807) is 0 Å². The van der Waals surface area contributed by atoms with E-state index in [2.05, 4.69) is 30.7 Å². The van der Waals surface area contributed by atoms with E-state index in [1.807, 2.05) is 12.4 Å². The van der Waals surface area contributed by atoms with Crippen molar-refractivity contribution in [1.82, 2.24) is 9.97 Å². The van der Waals surface area contributed by atoms with E-state index in [1.165, 1.54) is 5.56 Å². The van der Waals surface area contributed by atoms with Crippen LogP contribution in [0.15, 0.2) is 12.4 Å². The third kappa shape index (κ3) is 2.51. The van der Waals surface area contributed by atoms with Gasteiger partial charge in [0.05, 0.1) is 0 Å². The highest BCUT2D eigenvalue weighted by Crippen LogP contribution is 2.18. The quantitative estimate of drug-likeness (QED) is 0.708. The average molecular weight is 178 g/mol. The summed E-state index contributed by atoms with van der Waals surface area (Å²) in [5, 5.41) is 0. The van der Waals surface area contributed by atoms with E-state index >= 15 is 0 Å². The molecule has 0 atom stereocenters. The van der Waals surface area contributed by atoms with E-state index in [4.69, 9.17) is 0 Å². The van der Waals surface area contributed by atoms with Crippen LogP contribution in [-0.4, -0.2) is 9.97 Å². The highest BCUT2D eigenvalue weighted by Gasteiger charge is 2.08. The van der Waals surface area contributed by atoms with Gasteiger partial charge in [0.15, 0.2) is 0 Å². The van der Waals surface area contributed by atoms with Gasteiger partial charge >= 0.3 is 0 Å². The zero-order valence-corrected chi connectivity index (χ0v) is 8.75. The maximum absolute atomic E-state index is 4.38. The Hall–Kier alpha value is -0.920. The van der Waals surface area contributed by atoms with Crippen molar-refractivity contribution in [3.8, 4) is 0 Å². The lowest BCUT2D eigenvalue weighted by Crippen LogP contribution is -2.02. The minimum absolute atomic E-state index is 0.533. The lowest BCUT2D eigenvalue weighted by atomic mass is 10.0. The van der Waals surface area contributed by atoms with Crippen molar-refractivity contribution in [3.63, 3.8) is 0 Å². The number of aryl methyl sites for hydroxylation is 1. The first-order chi connectivity index (χ1) is 6.31. The van der Waals surface area contributed by atoms with Crippen LogP contribution in [0.5, 0.6) is 0 Å². The molecule has 72 valence electrons. The molecule has 0 aliphatic rings. The van der Waals surface area contributed by atoms with Gasteiger partial charge in [-0.15, -0.1) is 0 Å². The molecule has 0 aliphatic heterocycles. The van der Waals surface area contributed by atoms with Gasteiger partial charge in [0.25, 0.3) is 0 Å². The molecule has 0 unspecified atom stereocenters. The highest BCUT2D eigenvalue weighted by molar-refractivity contribution is 5.06. The second-order valence-corrected chi connectivity index (χ2v) is 3.32. The first-order valence-corrected chi connectivity index (χ1v) is 5.12. The van der Waals surface area contributed by atoms with E-state index in [0.29, 0.717) is 5.92 Å². The molecule has 0 bridgehead atoms. The molecule has 2 heteroatoms. The van der Waals surface area contributed by atoms with Gasteiger partial charge in [0.2, 0.25) is 0 Å². The van der Waals surface area contributed by atoms with E-state index in [0.717, 1.165) is 25.1 Å². The molecule has 0 saturated carbocycles. The fraction of sp³-hybridized carbons (Fsp3) is 0.636. The Bertz CT molecular complexity index is 237. The second-order valence-electron chi connectivity index (χ2n) is 3.32. The molecule has 0 fully saturated rings. The molecular weight excluding hydrogens is 160 g/mol. The maximum atomic E-state index is 4.38. The summed E-state index contributed by atoms with van der Waals surface area (Å²) in [5.41, 5.74) is 1.22. The molecule has 1 aromatic rings. The normalized spacial score (nSPS) is 10.8. The minimum atomic E-state index is 0.533. The SMILES string of the molecule is CCc1cnc(C(CC)CC)nc1. The summed E-state index contributed by atoms with van der Waals surface area (Å²) < 4.78 is 0. The van der Waals surface area contributed by atoms with Crippen LogP contribution < -0.4 is 0 Å². The Kier molecular flexibility index (Phi) is 3.87. The molecule has 1 rings (SSSR count). The van der Waals surface area contributed by atoms with Gasteiger partial charge in [-0.1, -0.05) is 20.8 Å². The van der Waals surface area contributed by atoms with E-state index in [9.17, 15) is 0 Å². The molecule has 0 amide bonds. The molecule has 13 heavy (non-hydrogen) atoms. The highest BCUT2D eigenvalue weighted by atomic mass is 14.9. The molecule has 0 saturated heterocycles. The Morgan fingerprint density at radius 2 is 1.62 bits per heavy atom. The number of nitrogens with zero attached hydrogens (tertiary/aromatic N) is 2.